The normalized spacial score (nSPS) is 12.8. The molecule has 2 aromatic rings. The summed E-state index contributed by atoms with van der Waals surface area (Å²) < 4.78 is 20.6. The molecule has 0 spiro atoms. The molecule has 0 N–H and O–H groups in total. The number of rotatable bonds is 3. The summed E-state index contributed by atoms with van der Waals surface area (Å²) in [4.78, 5) is 11.3. The van der Waals surface area contributed by atoms with Crippen LogP contribution in [0.2, 0.25) is 0 Å². The van der Waals surface area contributed by atoms with Gasteiger partial charge in [0.15, 0.2) is 11.5 Å². The largest absolute Gasteiger partial charge is 0.496 e. The summed E-state index contributed by atoms with van der Waals surface area (Å²) in [6.45, 7) is 0.243. The summed E-state index contributed by atoms with van der Waals surface area (Å²) >= 11 is 0. The van der Waals surface area contributed by atoms with Crippen LogP contribution in [0, 0.1) is 0 Å². The van der Waals surface area contributed by atoms with Gasteiger partial charge in [0.2, 0.25) is 6.79 Å². The van der Waals surface area contributed by atoms with Crippen LogP contribution in [0.1, 0.15) is 11.3 Å². The van der Waals surface area contributed by atoms with Crippen LogP contribution < -0.4 is 19.8 Å². The SMILES string of the molecule is COc1cc(/C=C/c2ccc3c(c2)OCO3)oc(=O)c1. The van der Waals surface area contributed by atoms with Crippen molar-refractivity contribution in [1.82, 2.24) is 0 Å². The number of hydrogen-bond donors (Lipinski definition) is 0. The Morgan fingerprint density at radius 3 is 2.80 bits per heavy atom. The molecular formula is C15H12O5. The molecule has 0 saturated heterocycles. The van der Waals surface area contributed by atoms with E-state index in [-0.39, 0.29) is 6.79 Å². The highest BCUT2D eigenvalue weighted by molar-refractivity contribution is 5.69. The van der Waals surface area contributed by atoms with Crippen molar-refractivity contribution in [2.75, 3.05) is 13.9 Å². The number of benzene rings is 1. The first-order valence-electron chi connectivity index (χ1n) is 6.01. The number of ether oxygens (including phenoxy) is 3. The Balaban J connectivity index is 1.87. The van der Waals surface area contributed by atoms with Gasteiger partial charge in [-0.2, -0.15) is 0 Å². The lowest BCUT2D eigenvalue weighted by molar-refractivity contribution is 0.174. The van der Waals surface area contributed by atoms with Crippen LogP contribution in [0.4, 0.5) is 0 Å². The summed E-state index contributed by atoms with van der Waals surface area (Å²) in [5, 5.41) is 0. The molecule has 5 heteroatoms. The first kappa shape index (κ1) is 12.3. The Labute approximate surface area is 115 Å². The summed E-state index contributed by atoms with van der Waals surface area (Å²) in [7, 11) is 1.50. The second-order valence-corrected chi connectivity index (χ2v) is 4.16. The maximum atomic E-state index is 11.3. The molecule has 0 unspecified atom stereocenters. The Morgan fingerprint density at radius 1 is 1.10 bits per heavy atom. The van der Waals surface area contributed by atoms with Crippen LogP contribution in [0.5, 0.6) is 17.2 Å². The van der Waals surface area contributed by atoms with Crippen molar-refractivity contribution < 1.29 is 18.6 Å². The predicted octanol–water partition coefficient (Wildman–Crippen LogP) is 2.55. The van der Waals surface area contributed by atoms with Crippen LogP contribution in [-0.2, 0) is 0 Å². The third-order valence-corrected chi connectivity index (χ3v) is 2.84. The fourth-order valence-corrected chi connectivity index (χ4v) is 1.87. The highest BCUT2D eigenvalue weighted by Gasteiger charge is 2.12. The van der Waals surface area contributed by atoms with Crippen molar-refractivity contribution in [2.24, 2.45) is 0 Å². The second-order valence-electron chi connectivity index (χ2n) is 4.16. The number of fused-ring (bicyclic) bond motifs is 1. The zero-order chi connectivity index (χ0) is 13.9. The molecule has 1 aliphatic rings. The summed E-state index contributed by atoms with van der Waals surface area (Å²) in [5.74, 6) is 2.33. The van der Waals surface area contributed by atoms with Gasteiger partial charge in [-0.05, 0) is 23.8 Å². The van der Waals surface area contributed by atoms with E-state index in [0.29, 0.717) is 17.3 Å². The van der Waals surface area contributed by atoms with E-state index in [4.69, 9.17) is 18.6 Å². The monoisotopic (exact) mass is 272 g/mol. The highest BCUT2D eigenvalue weighted by atomic mass is 16.7. The van der Waals surface area contributed by atoms with Gasteiger partial charge in [0, 0.05) is 6.07 Å². The third-order valence-electron chi connectivity index (χ3n) is 2.84. The van der Waals surface area contributed by atoms with Crippen LogP contribution in [0.15, 0.2) is 39.5 Å². The average Bonchev–Trinajstić information content (AvgIpc) is 2.92. The van der Waals surface area contributed by atoms with Crippen molar-refractivity contribution in [3.05, 3.63) is 52.1 Å². The van der Waals surface area contributed by atoms with Gasteiger partial charge in [-0.1, -0.05) is 12.1 Å². The molecule has 102 valence electrons. The zero-order valence-electron chi connectivity index (χ0n) is 10.8. The molecule has 0 aliphatic carbocycles. The van der Waals surface area contributed by atoms with Crippen molar-refractivity contribution in [2.45, 2.75) is 0 Å². The Morgan fingerprint density at radius 2 is 1.95 bits per heavy atom. The smallest absolute Gasteiger partial charge is 0.339 e. The molecule has 0 amide bonds. The molecule has 20 heavy (non-hydrogen) atoms. The lowest BCUT2D eigenvalue weighted by Crippen LogP contribution is -1.98. The predicted molar refractivity (Wildman–Crippen MR) is 73.0 cm³/mol. The second kappa shape index (κ2) is 5.13. The molecule has 2 heterocycles. The minimum atomic E-state index is -0.449. The molecule has 1 aromatic heterocycles. The van der Waals surface area contributed by atoms with E-state index in [0.717, 1.165) is 11.3 Å². The van der Waals surface area contributed by atoms with E-state index < -0.39 is 5.63 Å². The third kappa shape index (κ3) is 2.51. The van der Waals surface area contributed by atoms with Crippen LogP contribution in [0.25, 0.3) is 12.2 Å². The van der Waals surface area contributed by atoms with Crippen molar-refractivity contribution >= 4 is 12.2 Å². The first-order valence-corrected chi connectivity index (χ1v) is 6.01. The summed E-state index contributed by atoms with van der Waals surface area (Å²) in [6, 6.07) is 8.52. The van der Waals surface area contributed by atoms with Gasteiger partial charge in [0.25, 0.3) is 0 Å². The van der Waals surface area contributed by atoms with Gasteiger partial charge in [-0.15, -0.1) is 0 Å². The number of hydrogen-bond acceptors (Lipinski definition) is 5. The summed E-state index contributed by atoms with van der Waals surface area (Å²) in [5.41, 5.74) is 0.467. The zero-order valence-corrected chi connectivity index (χ0v) is 10.8. The average molecular weight is 272 g/mol. The molecule has 0 atom stereocenters. The summed E-state index contributed by atoms with van der Waals surface area (Å²) in [6.07, 6.45) is 3.52. The van der Waals surface area contributed by atoms with E-state index in [1.165, 1.54) is 13.2 Å². The molecular weight excluding hydrogens is 260 g/mol. The fraction of sp³-hybridized carbons (Fsp3) is 0.133. The van der Waals surface area contributed by atoms with E-state index >= 15 is 0 Å². The van der Waals surface area contributed by atoms with Gasteiger partial charge in [0.1, 0.15) is 11.5 Å². The Kier molecular flexibility index (Phi) is 3.16. The Bertz CT molecular complexity index is 714. The molecule has 3 rings (SSSR count). The fourth-order valence-electron chi connectivity index (χ4n) is 1.87. The maximum Gasteiger partial charge on any atom is 0.339 e. The van der Waals surface area contributed by atoms with Gasteiger partial charge in [-0.25, -0.2) is 4.79 Å². The standard InChI is InChI=1S/C15H12O5/c1-17-12-7-11(20-15(16)8-12)4-2-10-3-5-13-14(6-10)19-9-18-13/h2-8H,9H2,1H3/b4-2+. The molecule has 0 saturated carbocycles. The van der Waals surface area contributed by atoms with Gasteiger partial charge in [-0.3, -0.25) is 0 Å². The Hall–Kier alpha value is -2.69. The van der Waals surface area contributed by atoms with Crippen molar-refractivity contribution in [3.8, 4) is 17.2 Å². The van der Waals surface area contributed by atoms with E-state index in [1.54, 1.807) is 12.1 Å². The minimum Gasteiger partial charge on any atom is -0.496 e. The van der Waals surface area contributed by atoms with Crippen molar-refractivity contribution in [1.29, 1.82) is 0 Å². The molecule has 1 aliphatic heterocycles. The lowest BCUT2D eigenvalue weighted by atomic mass is 10.2. The quantitative estimate of drug-likeness (QED) is 0.859. The van der Waals surface area contributed by atoms with E-state index in [2.05, 4.69) is 0 Å². The molecule has 5 nitrogen and oxygen atoms in total. The van der Waals surface area contributed by atoms with Gasteiger partial charge >= 0.3 is 5.63 Å². The number of methoxy groups -OCH3 is 1. The minimum absolute atomic E-state index is 0.243. The maximum absolute atomic E-state index is 11.3. The molecule has 1 aromatic carbocycles. The molecule has 0 fully saturated rings. The first-order chi connectivity index (χ1) is 9.74. The van der Waals surface area contributed by atoms with Gasteiger partial charge in [0.05, 0.1) is 13.2 Å². The van der Waals surface area contributed by atoms with Crippen molar-refractivity contribution in [3.63, 3.8) is 0 Å². The molecule has 0 radical (unpaired) electrons. The lowest BCUT2D eigenvalue weighted by Gasteiger charge is -1.99. The van der Waals surface area contributed by atoms with Crippen LogP contribution >= 0.6 is 0 Å². The van der Waals surface area contributed by atoms with Crippen LogP contribution in [0.3, 0.4) is 0 Å². The van der Waals surface area contributed by atoms with E-state index in [9.17, 15) is 4.79 Å². The van der Waals surface area contributed by atoms with E-state index in [1.807, 2.05) is 24.3 Å². The van der Waals surface area contributed by atoms with Crippen LogP contribution in [-0.4, -0.2) is 13.9 Å². The topological polar surface area (TPSA) is 57.9 Å². The molecule has 0 bridgehead atoms. The highest BCUT2D eigenvalue weighted by Crippen LogP contribution is 2.32. The van der Waals surface area contributed by atoms with Gasteiger partial charge < -0.3 is 18.6 Å².